The number of benzene rings is 2. The lowest BCUT2D eigenvalue weighted by atomic mass is 9.95. The van der Waals surface area contributed by atoms with Gasteiger partial charge in [0.2, 0.25) is 5.91 Å². The van der Waals surface area contributed by atoms with E-state index in [1.54, 1.807) is 13.8 Å². The van der Waals surface area contributed by atoms with Gasteiger partial charge in [-0.2, -0.15) is 0 Å². The molecule has 2 atom stereocenters. The number of carbonyl (C=O) groups is 2. The molecule has 0 aliphatic heterocycles. The predicted octanol–water partition coefficient (Wildman–Crippen LogP) is 4.29. The second-order valence-electron chi connectivity index (χ2n) is 6.48. The summed E-state index contributed by atoms with van der Waals surface area (Å²) in [5.74, 6) is -4.54. The molecule has 3 N–H and O–H groups in total. The van der Waals surface area contributed by atoms with Crippen molar-refractivity contribution in [2.75, 3.05) is 0 Å². The Morgan fingerprint density at radius 1 is 1.14 bits per heavy atom. The molecule has 0 fully saturated rings. The van der Waals surface area contributed by atoms with Gasteiger partial charge < -0.3 is 11.1 Å². The molecule has 0 unspecified atom stereocenters. The minimum absolute atomic E-state index is 0.0619. The summed E-state index contributed by atoms with van der Waals surface area (Å²) in [4.78, 5) is 23.8. The Hall–Kier alpha value is -2.38. The largest absolute Gasteiger partial charge is 0.370 e. The first-order valence-electron chi connectivity index (χ1n) is 8.67. The average Bonchev–Trinajstić information content (AvgIpc) is 2.61. The number of ketones is 1. The van der Waals surface area contributed by atoms with Gasteiger partial charge in [-0.15, -0.1) is 0 Å². The van der Waals surface area contributed by atoms with Crippen LogP contribution in [-0.4, -0.2) is 17.7 Å². The highest BCUT2D eigenvalue weighted by Gasteiger charge is 2.25. The number of hydrogen-bond donors (Lipinski definition) is 2. The van der Waals surface area contributed by atoms with E-state index in [1.807, 2.05) is 0 Å². The van der Waals surface area contributed by atoms with Gasteiger partial charge in [-0.3, -0.25) is 9.59 Å². The van der Waals surface area contributed by atoms with E-state index < -0.39 is 40.7 Å². The van der Waals surface area contributed by atoms with E-state index in [9.17, 15) is 18.4 Å². The van der Waals surface area contributed by atoms with E-state index in [-0.39, 0.29) is 28.6 Å². The molecule has 2 rings (SSSR count). The lowest BCUT2D eigenvalue weighted by Crippen LogP contribution is -2.34. The summed E-state index contributed by atoms with van der Waals surface area (Å²) in [5, 5.41) is 2.95. The van der Waals surface area contributed by atoms with Gasteiger partial charge in [-0.25, -0.2) is 13.2 Å². The molecule has 0 saturated carbocycles. The number of primary amides is 1. The molecule has 0 saturated heterocycles. The highest BCUT2D eigenvalue weighted by Crippen LogP contribution is 2.30. The van der Waals surface area contributed by atoms with Crippen LogP contribution >= 0.6 is 11.6 Å². The number of nitrogens with one attached hydrogen (secondary N) is 1. The first-order chi connectivity index (χ1) is 13.1. The van der Waals surface area contributed by atoms with Crippen LogP contribution in [0.25, 0.3) is 0 Å². The van der Waals surface area contributed by atoms with Crippen molar-refractivity contribution in [3.63, 3.8) is 0 Å². The molecule has 0 bridgehead atoms. The van der Waals surface area contributed by atoms with Crippen LogP contribution in [0.5, 0.6) is 0 Å². The molecule has 0 spiro atoms. The lowest BCUT2D eigenvalue weighted by Gasteiger charge is -2.23. The highest BCUT2D eigenvalue weighted by molar-refractivity contribution is 6.35. The van der Waals surface area contributed by atoms with Gasteiger partial charge in [-0.05, 0) is 37.6 Å². The van der Waals surface area contributed by atoms with Crippen LogP contribution in [0.4, 0.5) is 13.2 Å². The summed E-state index contributed by atoms with van der Waals surface area (Å²) < 4.78 is 41.8. The molecule has 0 aromatic heterocycles. The Bertz CT molecular complexity index is 905. The monoisotopic (exact) mass is 412 g/mol. The quantitative estimate of drug-likeness (QED) is 0.635. The first-order valence-corrected chi connectivity index (χ1v) is 9.05. The van der Waals surface area contributed by atoms with E-state index in [1.165, 1.54) is 12.1 Å². The molecule has 4 nitrogen and oxygen atoms in total. The molecule has 150 valence electrons. The number of halogens is 4. The van der Waals surface area contributed by atoms with E-state index >= 15 is 4.39 Å². The molecule has 0 radical (unpaired) electrons. The number of amides is 1. The van der Waals surface area contributed by atoms with Crippen molar-refractivity contribution >= 4 is 23.3 Å². The minimum Gasteiger partial charge on any atom is -0.370 e. The topological polar surface area (TPSA) is 72.2 Å². The molecule has 0 aliphatic carbocycles. The van der Waals surface area contributed by atoms with E-state index in [0.29, 0.717) is 12.5 Å². The molecule has 2 aromatic rings. The van der Waals surface area contributed by atoms with Gasteiger partial charge in [0.15, 0.2) is 17.4 Å². The fourth-order valence-corrected chi connectivity index (χ4v) is 3.19. The third kappa shape index (κ3) is 4.91. The standard InChI is InChI=1S/C20H20ClF3N2O2/c1-3-16(26-10(2)8-17(25)27)12-5-6-13(21)18(19(12)24)20(28)11-4-7-14(22)15(23)9-11/h4-7,9-10,16,26H,3,8H2,1-2H3,(H2,25,27)/t10-,16+/m0/s1. The summed E-state index contributed by atoms with van der Waals surface area (Å²) in [6.07, 6.45) is 0.521. The molecule has 2 aromatic carbocycles. The maximum Gasteiger partial charge on any atom is 0.218 e. The van der Waals surface area contributed by atoms with Crippen LogP contribution in [-0.2, 0) is 4.79 Å². The van der Waals surface area contributed by atoms with Crippen molar-refractivity contribution in [3.05, 3.63) is 69.5 Å². The zero-order valence-corrected chi connectivity index (χ0v) is 16.1. The van der Waals surface area contributed by atoms with E-state index in [2.05, 4.69) is 5.32 Å². The van der Waals surface area contributed by atoms with Crippen molar-refractivity contribution in [1.82, 2.24) is 5.32 Å². The maximum atomic E-state index is 15.2. The molecule has 0 heterocycles. The number of nitrogens with two attached hydrogens (primary N) is 1. The summed E-state index contributed by atoms with van der Waals surface area (Å²) in [6, 6.07) is 4.54. The van der Waals surface area contributed by atoms with Crippen molar-refractivity contribution in [3.8, 4) is 0 Å². The van der Waals surface area contributed by atoms with Crippen LogP contribution in [0.2, 0.25) is 5.02 Å². The van der Waals surface area contributed by atoms with Crippen LogP contribution in [0.15, 0.2) is 30.3 Å². The van der Waals surface area contributed by atoms with E-state index in [0.717, 1.165) is 12.1 Å². The lowest BCUT2D eigenvalue weighted by molar-refractivity contribution is -0.118. The van der Waals surface area contributed by atoms with Gasteiger partial charge in [-0.1, -0.05) is 24.6 Å². The third-order valence-electron chi connectivity index (χ3n) is 4.31. The third-order valence-corrected chi connectivity index (χ3v) is 4.62. The summed E-state index contributed by atoms with van der Waals surface area (Å²) in [6.45, 7) is 3.54. The normalized spacial score (nSPS) is 13.2. The Morgan fingerprint density at radius 2 is 1.82 bits per heavy atom. The second kappa shape index (κ2) is 9.21. The first kappa shape index (κ1) is 21.9. The Labute approximate surface area is 165 Å². The molecule has 0 aliphatic rings. The second-order valence-corrected chi connectivity index (χ2v) is 6.89. The zero-order chi connectivity index (χ0) is 21.0. The Kier molecular flexibility index (Phi) is 7.21. The summed E-state index contributed by atoms with van der Waals surface area (Å²) in [5.41, 5.74) is 4.71. The Balaban J connectivity index is 2.43. The number of rotatable bonds is 8. The molecule has 1 amide bonds. The molecular weight excluding hydrogens is 393 g/mol. The average molecular weight is 413 g/mol. The minimum atomic E-state index is -1.22. The van der Waals surface area contributed by atoms with Gasteiger partial charge in [0, 0.05) is 29.6 Å². The predicted molar refractivity (Wildman–Crippen MR) is 101 cm³/mol. The Morgan fingerprint density at radius 3 is 2.39 bits per heavy atom. The van der Waals surface area contributed by atoms with Gasteiger partial charge in [0.25, 0.3) is 0 Å². The van der Waals surface area contributed by atoms with Crippen molar-refractivity contribution in [2.24, 2.45) is 5.73 Å². The number of carbonyl (C=O) groups excluding carboxylic acids is 2. The van der Waals surface area contributed by atoms with Gasteiger partial charge in [0.1, 0.15) is 5.82 Å². The van der Waals surface area contributed by atoms with Gasteiger partial charge in [0.05, 0.1) is 10.6 Å². The molecule has 28 heavy (non-hydrogen) atoms. The highest BCUT2D eigenvalue weighted by atomic mass is 35.5. The smallest absolute Gasteiger partial charge is 0.218 e. The van der Waals surface area contributed by atoms with Crippen LogP contribution in [0.3, 0.4) is 0 Å². The van der Waals surface area contributed by atoms with Crippen LogP contribution in [0.1, 0.15) is 54.2 Å². The van der Waals surface area contributed by atoms with Crippen molar-refractivity contribution in [2.45, 2.75) is 38.8 Å². The number of hydrogen-bond acceptors (Lipinski definition) is 3. The van der Waals surface area contributed by atoms with Crippen molar-refractivity contribution in [1.29, 1.82) is 0 Å². The zero-order valence-electron chi connectivity index (χ0n) is 15.4. The van der Waals surface area contributed by atoms with E-state index in [4.69, 9.17) is 17.3 Å². The maximum absolute atomic E-state index is 15.2. The van der Waals surface area contributed by atoms with Crippen LogP contribution in [0, 0.1) is 17.5 Å². The van der Waals surface area contributed by atoms with Crippen LogP contribution < -0.4 is 11.1 Å². The van der Waals surface area contributed by atoms with Crippen molar-refractivity contribution < 1.29 is 22.8 Å². The fraction of sp³-hybridized carbons (Fsp3) is 0.300. The molecular formula is C20H20ClF3N2O2. The SMILES string of the molecule is CC[C@@H](N[C@@H](C)CC(N)=O)c1ccc(Cl)c(C(=O)c2ccc(F)c(F)c2)c1F. The summed E-state index contributed by atoms with van der Waals surface area (Å²) >= 11 is 6.03. The fourth-order valence-electron chi connectivity index (χ4n) is 2.96. The molecule has 8 heteroatoms. The van der Waals surface area contributed by atoms with Gasteiger partial charge >= 0.3 is 0 Å². The summed E-state index contributed by atoms with van der Waals surface area (Å²) in [7, 11) is 0.